The van der Waals surface area contributed by atoms with Gasteiger partial charge in [0.25, 0.3) is 0 Å². The first-order chi connectivity index (χ1) is 10.1. The highest BCUT2D eigenvalue weighted by Gasteiger charge is 2.32. The van der Waals surface area contributed by atoms with Crippen LogP contribution in [0, 0.1) is 5.92 Å². The van der Waals surface area contributed by atoms with Crippen molar-refractivity contribution in [2.45, 2.75) is 25.4 Å². The highest BCUT2D eigenvalue weighted by molar-refractivity contribution is 5.80. The largest absolute Gasteiger partial charge is 0.381 e. The Labute approximate surface area is 125 Å². The third-order valence-corrected chi connectivity index (χ3v) is 4.48. The second-order valence-electron chi connectivity index (χ2n) is 6.29. The summed E-state index contributed by atoms with van der Waals surface area (Å²) < 4.78 is 7.46. The van der Waals surface area contributed by atoms with Crippen molar-refractivity contribution in [2.24, 2.45) is 5.92 Å². The lowest BCUT2D eigenvalue weighted by Gasteiger charge is -2.37. The first kappa shape index (κ1) is 14.5. The maximum Gasteiger partial charge on any atom is 0.246 e. The Morgan fingerprint density at radius 2 is 2.19 bits per heavy atom. The number of carbonyl (C=O) groups is 1. The molecule has 21 heavy (non-hydrogen) atoms. The van der Waals surface area contributed by atoms with Crippen LogP contribution in [-0.2, 0) is 16.1 Å². The molecule has 0 aromatic carbocycles. The second kappa shape index (κ2) is 6.15. The molecule has 3 heterocycles. The van der Waals surface area contributed by atoms with Crippen LogP contribution >= 0.6 is 0 Å². The van der Waals surface area contributed by atoms with Gasteiger partial charge in [0.2, 0.25) is 5.91 Å². The molecule has 0 aliphatic carbocycles. The van der Waals surface area contributed by atoms with Crippen LogP contribution in [0.2, 0.25) is 0 Å². The molecule has 1 saturated heterocycles. The zero-order valence-electron chi connectivity index (χ0n) is 12.9. The van der Waals surface area contributed by atoms with Crippen LogP contribution in [-0.4, -0.2) is 65.7 Å². The maximum atomic E-state index is 12.4. The van der Waals surface area contributed by atoms with E-state index in [2.05, 4.69) is 9.88 Å². The predicted molar refractivity (Wildman–Crippen MR) is 78.8 cm³/mol. The smallest absolute Gasteiger partial charge is 0.246 e. The van der Waals surface area contributed by atoms with Crippen LogP contribution < -0.4 is 0 Å². The minimum atomic E-state index is -0.147. The monoisotopic (exact) mass is 292 g/mol. The van der Waals surface area contributed by atoms with E-state index in [1.165, 1.54) is 0 Å². The molecular formula is C15H24N4O2. The van der Waals surface area contributed by atoms with Crippen LogP contribution in [0.15, 0.2) is 12.5 Å². The van der Waals surface area contributed by atoms with E-state index in [0.29, 0.717) is 5.92 Å². The SMILES string of the molecule is CN(C)C(=O)[C@@H]1CN(CC2CCOCC2)Cc2cncn21. The van der Waals surface area contributed by atoms with E-state index in [-0.39, 0.29) is 11.9 Å². The Balaban J connectivity index is 1.72. The van der Waals surface area contributed by atoms with Gasteiger partial charge in [0.15, 0.2) is 0 Å². The number of nitrogens with zero attached hydrogens (tertiary/aromatic N) is 4. The first-order valence-corrected chi connectivity index (χ1v) is 7.67. The number of hydrogen-bond acceptors (Lipinski definition) is 4. The molecule has 0 unspecified atom stereocenters. The van der Waals surface area contributed by atoms with Gasteiger partial charge >= 0.3 is 0 Å². The van der Waals surface area contributed by atoms with Gasteiger partial charge in [0.1, 0.15) is 6.04 Å². The molecule has 1 amide bonds. The molecule has 1 aromatic rings. The summed E-state index contributed by atoms with van der Waals surface area (Å²) in [6.45, 7) is 4.45. The fourth-order valence-electron chi connectivity index (χ4n) is 3.29. The second-order valence-corrected chi connectivity index (χ2v) is 6.29. The Kier molecular flexibility index (Phi) is 4.26. The molecule has 116 valence electrons. The van der Waals surface area contributed by atoms with Gasteiger partial charge in [-0.3, -0.25) is 9.69 Å². The van der Waals surface area contributed by atoms with Crippen LogP contribution in [0.5, 0.6) is 0 Å². The molecule has 2 aliphatic heterocycles. The Hall–Kier alpha value is -1.40. The normalized spacial score (nSPS) is 23.8. The fraction of sp³-hybridized carbons (Fsp3) is 0.733. The summed E-state index contributed by atoms with van der Waals surface area (Å²) in [5.41, 5.74) is 1.13. The van der Waals surface area contributed by atoms with Gasteiger partial charge in [-0.2, -0.15) is 0 Å². The molecule has 6 heteroatoms. The van der Waals surface area contributed by atoms with Crippen molar-refractivity contribution in [3.8, 4) is 0 Å². The lowest BCUT2D eigenvalue weighted by molar-refractivity contribution is -0.133. The zero-order valence-corrected chi connectivity index (χ0v) is 12.9. The van der Waals surface area contributed by atoms with Crippen LogP contribution in [0.1, 0.15) is 24.6 Å². The molecule has 0 radical (unpaired) electrons. The molecule has 0 spiro atoms. The highest BCUT2D eigenvalue weighted by Crippen LogP contribution is 2.25. The van der Waals surface area contributed by atoms with Crippen molar-refractivity contribution in [2.75, 3.05) is 40.4 Å². The number of amides is 1. The number of hydrogen-bond donors (Lipinski definition) is 0. The van der Waals surface area contributed by atoms with Gasteiger partial charge in [-0.15, -0.1) is 0 Å². The first-order valence-electron chi connectivity index (χ1n) is 7.67. The Bertz CT molecular complexity index is 494. The molecule has 1 fully saturated rings. The molecule has 2 aliphatic rings. The Morgan fingerprint density at radius 1 is 1.43 bits per heavy atom. The number of aromatic nitrogens is 2. The van der Waals surface area contributed by atoms with E-state index in [0.717, 1.165) is 51.4 Å². The third kappa shape index (κ3) is 3.11. The summed E-state index contributed by atoms with van der Waals surface area (Å²) in [7, 11) is 3.63. The molecule has 1 aromatic heterocycles. The fourth-order valence-corrected chi connectivity index (χ4v) is 3.29. The lowest BCUT2D eigenvalue weighted by Crippen LogP contribution is -2.45. The number of rotatable bonds is 3. The average molecular weight is 292 g/mol. The zero-order chi connectivity index (χ0) is 14.8. The number of carbonyl (C=O) groups excluding carboxylic acids is 1. The minimum absolute atomic E-state index is 0.144. The van der Waals surface area contributed by atoms with E-state index in [4.69, 9.17) is 4.74 Å². The summed E-state index contributed by atoms with van der Waals surface area (Å²) in [4.78, 5) is 20.7. The van der Waals surface area contributed by atoms with Gasteiger partial charge in [-0.1, -0.05) is 0 Å². The molecule has 1 atom stereocenters. The maximum absolute atomic E-state index is 12.4. The van der Waals surface area contributed by atoms with Crippen LogP contribution in [0.25, 0.3) is 0 Å². The summed E-state index contributed by atoms with van der Waals surface area (Å²) in [6, 6.07) is -0.147. The molecule has 0 saturated carbocycles. The molecule has 0 bridgehead atoms. The van der Waals surface area contributed by atoms with Gasteiger partial charge in [0, 0.05) is 53.1 Å². The van der Waals surface area contributed by atoms with E-state index in [1.807, 2.05) is 24.9 Å². The highest BCUT2D eigenvalue weighted by atomic mass is 16.5. The van der Waals surface area contributed by atoms with Gasteiger partial charge < -0.3 is 14.2 Å². The standard InChI is InChI=1S/C15H24N4O2/c1-17(2)15(20)14-10-18(8-12-3-5-21-6-4-12)9-13-7-16-11-19(13)14/h7,11-12,14H,3-6,8-10H2,1-2H3/t14-/m0/s1. The van der Waals surface area contributed by atoms with Crippen LogP contribution in [0.4, 0.5) is 0 Å². The van der Waals surface area contributed by atoms with Crippen LogP contribution in [0.3, 0.4) is 0 Å². The van der Waals surface area contributed by atoms with Crippen molar-refractivity contribution in [1.82, 2.24) is 19.4 Å². The van der Waals surface area contributed by atoms with Crippen molar-refractivity contribution in [1.29, 1.82) is 0 Å². The van der Waals surface area contributed by atoms with Crippen molar-refractivity contribution < 1.29 is 9.53 Å². The molecule has 0 N–H and O–H groups in total. The summed E-state index contributed by atoms with van der Waals surface area (Å²) in [5, 5.41) is 0. The number of ether oxygens (including phenoxy) is 1. The Morgan fingerprint density at radius 3 is 2.90 bits per heavy atom. The molecule has 3 rings (SSSR count). The number of fused-ring (bicyclic) bond motifs is 1. The summed E-state index contributed by atoms with van der Waals surface area (Å²) in [5.74, 6) is 0.828. The van der Waals surface area contributed by atoms with Crippen molar-refractivity contribution in [3.05, 3.63) is 18.2 Å². The number of likely N-dealkylation sites (N-methyl/N-ethyl adjacent to an activating group) is 1. The van der Waals surface area contributed by atoms with E-state index < -0.39 is 0 Å². The average Bonchev–Trinajstić information content (AvgIpc) is 2.95. The van der Waals surface area contributed by atoms with E-state index in [1.54, 1.807) is 11.2 Å². The molecule has 6 nitrogen and oxygen atoms in total. The van der Waals surface area contributed by atoms with Crippen molar-refractivity contribution in [3.63, 3.8) is 0 Å². The third-order valence-electron chi connectivity index (χ3n) is 4.48. The van der Waals surface area contributed by atoms with Gasteiger partial charge in [0.05, 0.1) is 12.0 Å². The topological polar surface area (TPSA) is 50.6 Å². The number of imidazole rings is 1. The molecular weight excluding hydrogens is 268 g/mol. The van der Waals surface area contributed by atoms with Gasteiger partial charge in [-0.05, 0) is 18.8 Å². The van der Waals surface area contributed by atoms with Crippen molar-refractivity contribution >= 4 is 5.91 Å². The lowest BCUT2D eigenvalue weighted by atomic mass is 9.98. The van der Waals surface area contributed by atoms with Gasteiger partial charge in [-0.25, -0.2) is 4.98 Å². The predicted octanol–water partition coefficient (Wildman–Crippen LogP) is 0.755. The quantitative estimate of drug-likeness (QED) is 0.825. The summed E-state index contributed by atoms with van der Waals surface area (Å²) in [6.07, 6.45) is 5.92. The minimum Gasteiger partial charge on any atom is -0.381 e. The summed E-state index contributed by atoms with van der Waals surface area (Å²) >= 11 is 0. The van der Waals surface area contributed by atoms with E-state index >= 15 is 0 Å². The van der Waals surface area contributed by atoms with E-state index in [9.17, 15) is 4.79 Å².